The summed E-state index contributed by atoms with van der Waals surface area (Å²) in [5.74, 6) is 0.779. The van der Waals surface area contributed by atoms with Gasteiger partial charge in [-0.25, -0.2) is 0 Å². The fourth-order valence-electron chi connectivity index (χ4n) is 3.78. The second kappa shape index (κ2) is 8.77. The Morgan fingerprint density at radius 2 is 1.97 bits per heavy atom. The highest BCUT2D eigenvalue weighted by Crippen LogP contribution is 2.21. The molecular weight excluding hydrogens is 394 g/mol. The molecule has 0 aliphatic heterocycles. The van der Waals surface area contributed by atoms with Gasteiger partial charge in [-0.15, -0.1) is 0 Å². The van der Waals surface area contributed by atoms with E-state index in [9.17, 15) is 0 Å². The number of hydrogen-bond donors (Lipinski definition) is 1. The molecule has 4 aromatic rings. The molecule has 0 bridgehead atoms. The zero-order valence-corrected chi connectivity index (χ0v) is 18.2. The van der Waals surface area contributed by atoms with Crippen LogP contribution in [0.5, 0.6) is 0 Å². The SMILES string of the molecule is COCCn1c(C)cc(/C=N\n2c(Cc3cccc4ccccc34)n[nH]c2=S)c1C. The quantitative estimate of drug-likeness (QED) is 0.351. The maximum atomic E-state index is 5.43. The first-order chi connectivity index (χ1) is 14.6. The van der Waals surface area contributed by atoms with Gasteiger partial charge in [-0.1, -0.05) is 42.5 Å². The van der Waals surface area contributed by atoms with Crippen LogP contribution in [0.3, 0.4) is 0 Å². The molecule has 30 heavy (non-hydrogen) atoms. The van der Waals surface area contributed by atoms with Crippen molar-refractivity contribution in [2.45, 2.75) is 26.8 Å². The first kappa shape index (κ1) is 20.3. The van der Waals surface area contributed by atoms with Crippen molar-refractivity contribution in [2.24, 2.45) is 5.10 Å². The summed E-state index contributed by atoms with van der Waals surface area (Å²) in [5, 5.41) is 14.4. The van der Waals surface area contributed by atoms with Crippen molar-refractivity contribution in [1.29, 1.82) is 0 Å². The van der Waals surface area contributed by atoms with Gasteiger partial charge < -0.3 is 9.30 Å². The standard InChI is InChI=1S/C23H25N5OS/c1-16-13-20(17(2)27(16)11-12-29-3)15-24-28-22(25-26-23(28)30)14-19-9-6-8-18-7-4-5-10-21(18)19/h4-10,13,15H,11-12,14H2,1-3H3,(H,26,30)/b24-15-. The van der Waals surface area contributed by atoms with Crippen molar-refractivity contribution in [3.8, 4) is 0 Å². The molecule has 2 aromatic heterocycles. The monoisotopic (exact) mass is 419 g/mol. The van der Waals surface area contributed by atoms with Crippen molar-refractivity contribution in [2.75, 3.05) is 13.7 Å². The highest BCUT2D eigenvalue weighted by molar-refractivity contribution is 7.71. The zero-order valence-electron chi connectivity index (χ0n) is 17.4. The van der Waals surface area contributed by atoms with Gasteiger partial charge in [0.05, 0.1) is 12.8 Å². The van der Waals surface area contributed by atoms with E-state index < -0.39 is 0 Å². The molecule has 0 amide bonds. The Labute approximate surface area is 180 Å². The summed E-state index contributed by atoms with van der Waals surface area (Å²) in [4.78, 5) is 0. The molecule has 7 heteroatoms. The second-order valence-corrected chi connectivity index (χ2v) is 7.67. The molecule has 6 nitrogen and oxygen atoms in total. The van der Waals surface area contributed by atoms with Gasteiger partial charge in [0.1, 0.15) is 0 Å². The van der Waals surface area contributed by atoms with Crippen LogP contribution in [0.15, 0.2) is 53.6 Å². The van der Waals surface area contributed by atoms with E-state index in [1.54, 1.807) is 11.8 Å². The Kier molecular flexibility index (Phi) is 5.92. The predicted molar refractivity (Wildman–Crippen MR) is 123 cm³/mol. The number of aryl methyl sites for hydroxylation is 1. The van der Waals surface area contributed by atoms with Gasteiger partial charge >= 0.3 is 0 Å². The molecule has 2 heterocycles. The van der Waals surface area contributed by atoms with E-state index >= 15 is 0 Å². The summed E-state index contributed by atoms with van der Waals surface area (Å²) in [6, 6.07) is 16.8. The zero-order chi connectivity index (χ0) is 21.1. The molecule has 4 rings (SSSR count). The van der Waals surface area contributed by atoms with Gasteiger partial charge in [0.15, 0.2) is 5.82 Å². The van der Waals surface area contributed by atoms with Gasteiger partial charge in [0, 0.05) is 37.0 Å². The summed E-state index contributed by atoms with van der Waals surface area (Å²) >= 11 is 5.43. The number of hydrogen-bond acceptors (Lipinski definition) is 4. The maximum Gasteiger partial charge on any atom is 0.216 e. The second-order valence-electron chi connectivity index (χ2n) is 7.29. The molecular formula is C23H25N5OS. The molecule has 0 aliphatic rings. The topological polar surface area (TPSA) is 60.1 Å². The van der Waals surface area contributed by atoms with E-state index in [1.807, 2.05) is 6.21 Å². The van der Waals surface area contributed by atoms with Gasteiger partial charge in [-0.2, -0.15) is 14.9 Å². The first-order valence-corrected chi connectivity index (χ1v) is 10.3. The average Bonchev–Trinajstić information content (AvgIpc) is 3.23. The van der Waals surface area contributed by atoms with Crippen LogP contribution in [-0.4, -0.2) is 39.4 Å². The molecule has 1 N–H and O–H groups in total. The Bertz CT molecular complexity index is 1260. The van der Waals surface area contributed by atoms with E-state index in [-0.39, 0.29) is 0 Å². The minimum Gasteiger partial charge on any atom is -0.383 e. The Hall–Kier alpha value is -3.03. The van der Waals surface area contributed by atoms with E-state index in [1.165, 1.54) is 22.0 Å². The summed E-state index contributed by atoms with van der Waals surface area (Å²) in [5.41, 5.74) is 4.58. The smallest absolute Gasteiger partial charge is 0.216 e. The molecule has 2 aromatic carbocycles. The Morgan fingerprint density at radius 3 is 2.80 bits per heavy atom. The highest BCUT2D eigenvalue weighted by Gasteiger charge is 2.10. The molecule has 154 valence electrons. The third-order valence-corrected chi connectivity index (χ3v) is 5.65. The summed E-state index contributed by atoms with van der Waals surface area (Å²) in [7, 11) is 1.72. The number of aromatic nitrogens is 4. The third-order valence-electron chi connectivity index (χ3n) is 5.39. The lowest BCUT2D eigenvalue weighted by molar-refractivity contribution is 0.186. The van der Waals surface area contributed by atoms with Crippen LogP contribution in [0, 0.1) is 18.6 Å². The molecule has 0 radical (unpaired) electrons. The van der Waals surface area contributed by atoms with Gasteiger partial charge in [-0.05, 0) is 48.5 Å². The van der Waals surface area contributed by atoms with E-state index in [4.69, 9.17) is 17.0 Å². The van der Waals surface area contributed by atoms with Crippen molar-refractivity contribution in [1.82, 2.24) is 19.4 Å². The fourth-order valence-corrected chi connectivity index (χ4v) is 3.98. The minimum atomic E-state index is 0.481. The van der Waals surface area contributed by atoms with Crippen molar-refractivity contribution in [3.05, 3.63) is 81.6 Å². The fraction of sp³-hybridized carbons (Fsp3) is 0.261. The molecule has 0 saturated carbocycles. The number of H-pyrrole nitrogens is 1. The molecule has 0 spiro atoms. The number of nitrogens with zero attached hydrogens (tertiary/aromatic N) is 4. The van der Waals surface area contributed by atoms with Gasteiger partial charge in [-0.3, -0.25) is 5.10 Å². The van der Waals surface area contributed by atoms with E-state index in [0.29, 0.717) is 17.8 Å². The maximum absolute atomic E-state index is 5.43. The van der Waals surface area contributed by atoms with E-state index in [0.717, 1.165) is 23.6 Å². The summed E-state index contributed by atoms with van der Waals surface area (Å²) in [6.45, 7) is 5.68. The number of ether oxygens (including phenoxy) is 1. The highest BCUT2D eigenvalue weighted by atomic mass is 32.1. The van der Waals surface area contributed by atoms with Gasteiger partial charge in [0.2, 0.25) is 4.77 Å². The Morgan fingerprint density at radius 1 is 1.17 bits per heavy atom. The average molecular weight is 420 g/mol. The van der Waals surface area contributed by atoms with Crippen molar-refractivity contribution < 1.29 is 4.74 Å². The number of aromatic amines is 1. The number of benzene rings is 2. The van der Waals surface area contributed by atoms with Crippen LogP contribution in [0.4, 0.5) is 0 Å². The molecule has 0 saturated heterocycles. The molecule has 0 unspecified atom stereocenters. The number of fused-ring (bicyclic) bond motifs is 1. The van der Waals surface area contributed by atoms with E-state index in [2.05, 4.69) is 82.2 Å². The molecule has 0 atom stereocenters. The normalized spacial score (nSPS) is 11.7. The number of nitrogens with one attached hydrogen (secondary N) is 1. The predicted octanol–water partition coefficient (Wildman–Crippen LogP) is 4.63. The lowest BCUT2D eigenvalue weighted by Gasteiger charge is -2.08. The lowest BCUT2D eigenvalue weighted by atomic mass is 10.0. The minimum absolute atomic E-state index is 0.481. The molecule has 0 fully saturated rings. The summed E-state index contributed by atoms with van der Waals surface area (Å²) < 4.78 is 9.64. The number of rotatable bonds is 7. The summed E-state index contributed by atoms with van der Waals surface area (Å²) in [6.07, 6.45) is 2.49. The number of methoxy groups -OCH3 is 1. The first-order valence-electron chi connectivity index (χ1n) is 9.91. The van der Waals surface area contributed by atoms with Crippen LogP contribution >= 0.6 is 12.2 Å². The van der Waals surface area contributed by atoms with Crippen LogP contribution in [-0.2, 0) is 17.7 Å². The van der Waals surface area contributed by atoms with Crippen molar-refractivity contribution >= 4 is 29.2 Å². The lowest BCUT2D eigenvalue weighted by Crippen LogP contribution is -2.07. The molecule has 0 aliphatic carbocycles. The van der Waals surface area contributed by atoms with Crippen LogP contribution < -0.4 is 0 Å². The van der Waals surface area contributed by atoms with Gasteiger partial charge in [0.25, 0.3) is 0 Å². The van der Waals surface area contributed by atoms with Crippen LogP contribution in [0.1, 0.15) is 28.3 Å². The van der Waals surface area contributed by atoms with Crippen molar-refractivity contribution in [3.63, 3.8) is 0 Å². The third kappa shape index (κ3) is 3.99. The Balaban J connectivity index is 1.64. The van der Waals surface area contributed by atoms with Crippen LogP contribution in [0.2, 0.25) is 0 Å². The largest absolute Gasteiger partial charge is 0.383 e. The van der Waals surface area contributed by atoms with Crippen LogP contribution in [0.25, 0.3) is 10.8 Å².